The Bertz CT molecular complexity index is 1220. The first-order valence-corrected chi connectivity index (χ1v) is 11.9. The molecule has 1 saturated heterocycles. The molecule has 8 nitrogen and oxygen atoms in total. The van der Waals surface area contributed by atoms with Gasteiger partial charge in [0.15, 0.2) is 0 Å². The molecule has 1 aliphatic heterocycles. The van der Waals surface area contributed by atoms with Gasteiger partial charge in [-0.1, -0.05) is 13.8 Å². The van der Waals surface area contributed by atoms with Crippen molar-refractivity contribution in [1.82, 2.24) is 24.6 Å². The Balaban J connectivity index is 1.67. The van der Waals surface area contributed by atoms with E-state index >= 15 is 0 Å². The van der Waals surface area contributed by atoms with Gasteiger partial charge in [0.2, 0.25) is 0 Å². The molecule has 184 valence electrons. The number of benzene rings is 1. The van der Waals surface area contributed by atoms with Crippen molar-refractivity contribution in [3.63, 3.8) is 0 Å². The highest BCUT2D eigenvalue weighted by molar-refractivity contribution is 5.95. The first-order valence-electron chi connectivity index (χ1n) is 11.9. The lowest BCUT2D eigenvalue weighted by molar-refractivity contribution is -0.149. The molecule has 0 bridgehead atoms. The van der Waals surface area contributed by atoms with Crippen LogP contribution < -0.4 is 0 Å². The van der Waals surface area contributed by atoms with E-state index in [9.17, 15) is 14.0 Å². The summed E-state index contributed by atoms with van der Waals surface area (Å²) in [7, 11) is 0. The zero-order valence-corrected chi connectivity index (χ0v) is 20.5. The smallest absolute Gasteiger partial charge is 0.310 e. The van der Waals surface area contributed by atoms with Gasteiger partial charge in [-0.05, 0) is 62.4 Å². The van der Waals surface area contributed by atoms with Gasteiger partial charge in [0.05, 0.1) is 35.7 Å². The van der Waals surface area contributed by atoms with E-state index in [0.29, 0.717) is 49.0 Å². The molecule has 2 aromatic heterocycles. The molecule has 3 aromatic rings. The Labute approximate surface area is 204 Å². The Morgan fingerprint density at radius 1 is 1.20 bits per heavy atom. The van der Waals surface area contributed by atoms with Crippen LogP contribution in [0.4, 0.5) is 4.39 Å². The second-order valence-electron chi connectivity index (χ2n) is 9.06. The van der Waals surface area contributed by atoms with Crippen LogP contribution >= 0.6 is 0 Å². The number of piperidine rings is 1. The fourth-order valence-electron chi connectivity index (χ4n) is 4.46. The van der Waals surface area contributed by atoms with Crippen LogP contribution in [-0.2, 0) is 9.53 Å². The van der Waals surface area contributed by atoms with E-state index in [1.54, 1.807) is 41.0 Å². The van der Waals surface area contributed by atoms with E-state index in [2.05, 4.69) is 10.1 Å². The number of likely N-dealkylation sites (tertiary alicyclic amines) is 1. The third kappa shape index (κ3) is 5.08. The molecule has 0 aliphatic carbocycles. The standard InChI is InChI=1S/C26H30FN5O3/c1-5-35-25(34)19-7-6-12-31(15-19)24(33)21-14-29-32(23(21)16(2)3)26-28-13-17(4)22(30-26)18-8-10-20(27)11-9-18/h8-11,13-14,16,19H,5-7,12,15H2,1-4H3. The highest BCUT2D eigenvalue weighted by Crippen LogP contribution is 2.27. The molecule has 35 heavy (non-hydrogen) atoms. The number of esters is 1. The number of hydrogen-bond acceptors (Lipinski definition) is 6. The first-order chi connectivity index (χ1) is 16.8. The zero-order valence-electron chi connectivity index (χ0n) is 20.5. The summed E-state index contributed by atoms with van der Waals surface area (Å²) >= 11 is 0. The molecule has 1 unspecified atom stereocenters. The topological polar surface area (TPSA) is 90.2 Å². The lowest BCUT2D eigenvalue weighted by atomic mass is 9.97. The molecule has 1 atom stereocenters. The van der Waals surface area contributed by atoms with Gasteiger partial charge in [-0.3, -0.25) is 9.59 Å². The summed E-state index contributed by atoms with van der Waals surface area (Å²) < 4.78 is 20.2. The molecule has 9 heteroatoms. The van der Waals surface area contributed by atoms with Crippen molar-refractivity contribution in [2.24, 2.45) is 5.92 Å². The number of carbonyl (C=O) groups is 2. The van der Waals surface area contributed by atoms with Crippen LogP contribution in [0.15, 0.2) is 36.7 Å². The summed E-state index contributed by atoms with van der Waals surface area (Å²) in [5.74, 6) is -0.766. The van der Waals surface area contributed by atoms with Crippen molar-refractivity contribution in [2.75, 3.05) is 19.7 Å². The van der Waals surface area contributed by atoms with Gasteiger partial charge in [-0.25, -0.2) is 19.0 Å². The Hall–Kier alpha value is -3.62. The van der Waals surface area contributed by atoms with Crippen LogP contribution in [0.5, 0.6) is 0 Å². The molecule has 0 saturated carbocycles. The predicted octanol–water partition coefficient (Wildman–Crippen LogP) is 4.32. The molecule has 3 heterocycles. The van der Waals surface area contributed by atoms with Crippen LogP contribution in [0.2, 0.25) is 0 Å². The molecular formula is C26H30FN5O3. The number of carbonyl (C=O) groups excluding carboxylic acids is 2. The average molecular weight is 480 g/mol. The molecule has 1 aromatic carbocycles. The lowest BCUT2D eigenvalue weighted by Gasteiger charge is -2.31. The van der Waals surface area contributed by atoms with Crippen molar-refractivity contribution in [3.8, 4) is 17.2 Å². The van der Waals surface area contributed by atoms with Crippen molar-refractivity contribution in [3.05, 3.63) is 59.3 Å². The van der Waals surface area contributed by atoms with E-state index in [1.807, 2.05) is 20.8 Å². The predicted molar refractivity (Wildman–Crippen MR) is 129 cm³/mol. The lowest BCUT2D eigenvalue weighted by Crippen LogP contribution is -2.43. The first kappa shape index (κ1) is 24.5. The number of halogens is 1. The molecule has 0 spiro atoms. The summed E-state index contributed by atoms with van der Waals surface area (Å²) in [5, 5.41) is 4.48. The molecule has 0 radical (unpaired) electrons. The maximum atomic E-state index is 13.5. The summed E-state index contributed by atoms with van der Waals surface area (Å²) in [5.41, 5.74) is 3.44. The quantitative estimate of drug-likeness (QED) is 0.489. The van der Waals surface area contributed by atoms with Crippen LogP contribution in [0, 0.1) is 18.7 Å². The van der Waals surface area contributed by atoms with E-state index in [0.717, 1.165) is 17.5 Å². The van der Waals surface area contributed by atoms with E-state index < -0.39 is 0 Å². The summed E-state index contributed by atoms with van der Waals surface area (Å²) in [6.45, 7) is 8.86. The van der Waals surface area contributed by atoms with Crippen molar-refractivity contribution < 1.29 is 18.7 Å². The Kier molecular flexibility index (Phi) is 7.23. The van der Waals surface area contributed by atoms with E-state index in [1.165, 1.54) is 12.1 Å². The number of aromatic nitrogens is 4. The van der Waals surface area contributed by atoms with Gasteiger partial charge < -0.3 is 9.64 Å². The second-order valence-corrected chi connectivity index (χ2v) is 9.06. The molecule has 4 rings (SSSR count). The van der Waals surface area contributed by atoms with Gasteiger partial charge in [0.25, 0.3) is 11.9 Å². The fraction of sp³-hybridized carbons (Fsp3) is 0.423. The molecule has 1 fully saturated rings. The number of nitrogens with zero attached hydrogens (tertiary/aromatic N) is 5. The molecule has 1 aliphatic rings. The van der Waals surface area contributed by atoms with Crippen molar-refractivity contribution in [1.29, 1.82) is 0 Å². The number of amides is 1. The largest absolute Gasteiger partial charge is 0.466 e. The van der Waals surface area contributed by atoms with E-state index in [-0.39, 0.29) is 29.5 Å². The van der Waals surface area contributed by atoms with Crippen molar-refractivity contribution >= 4 is 11.9 Å². The maximum Gasteiger partial charge on any atom is 0.310 e. The molecular weight excluding hydrogens is 449 g/mol. The summed E-state index contributed by atoms with van der Waals surface area (Å²) in [6, 6.07) is 6.13. The molecule has 0 N–H and O–H groups in total. The van der Waals surface area contributed by atoms with Gasteiger partial charge in [0, 0.05) is 24.8 Å². The van der Waals surface area contributed by atoms with Gasteiger partial charge in [-0.2, -0.15) is 5.10 Å². The van der Waals surface area contributed by atoms with Crippen LogP contribution in [0.1, 0.15) is 61.1 Å². The highest BCUT2D eigenvalue weighted by Gasteiger charge is 2.32. The Morgan fingerprint density at radius 2 is 1.94 bits per heavy atom. The summed E-state index contributed by atoms with van der Waals surface area (Å²) in [6.07, 6.45) is 4.69. The number of hydrogen-bond donors (Lipinski definition) is 0. The van der Waals surface area contributed by atoms with E-state index in [4.69, 9.17) is 9.72 Å². The molecule has 1 amide bonds. The Morgan fingerprint density at radius 3 is 2.63 bits per heavy atom. The van der Waals surface area contributed by atoms with Crippen LogP contribution in [0.25, 0.3) is 17.2 Å². The third-order valence-corrected chi connectivity index (χ3v) is 6.18. The summed E-state index contributed by atoms with van der Waals surface area (Å²) in [4.78, 5) is 36.6. The van der Waals surface area contributed by atoms with Gasteiger partial charge >= 0.3 is 5.97 Å². The maximum absolute atomic E-state index is 13.5. The third-order valence-electron chi connectivity index (χ3n) is 6.18. The normalized spacial score (nSPS) is 15.9. The minimum atomic E-state index is -0.319. The van der Waals surface area contributed by atoms with Gasteiger partial charge in [-0.15, -0.1) is 0 Å². The number of ether oxygens (including phenoxy) is 1. The minimum Gasteiger partial charge on any atom is -0.466 e. The minimum absolute atomic E-state index is 0.0405. The average Bonchev–Trinajstić information content (AvgIpc) is 3.30. The van der Waals surface area contributed by atoms with Crippen molar-refractivity contribution in [2.45, 2.75) is 46.5 Å². The number of aryl methyl sites for hydroxylation is 1. The fourth-order valence-corrected chi connectivity index (χ4v) is 4.46. The van der Waals surface area contributed by atoms with Gasteiger partial charge in [0.1, 0.15) is 5.82 Å². The number of rotatable bonds is 6. The SMILES string of the molecule is CCOC(=O)C1CCCN(C(=O)c2cnn(-c3ncc(C)c(-c4ccc(F)cc4)n3)c2C(C)C)C1. The van der Waals surface area contributed by atoms with Crippen LogP contribution in [-0.4, -0.2) is 56.2 Å². The zero-order chi connectivity index (χ0) is 25.1. The second kappa shape index (κ2) is 10.3. The van der Waals surface area contributed by atoms with Crippen LogP contribution in [0.3, 0.4) is 0 Å². The monoisotopic (exact) mass is 479 g/mol. The highest BCUT2D eigenvalue weighted by atomic mass is 19.1.